The van der Waals surface area contributed by atoms with Gasteiger partial charge in [-0.25, -0.2) is 0 Å². The molecule has 0 radical (unpaired) electrons. The summed E-state index contributed by atoms with van der Waals surface area (Å²) in [5, 5.41) is 61.8. The molecule has 4 aliphatic heterocycles. The lowest BCUT2D eigenvalue weighted by Gasteiger charge is -2.24. The molecule has 0 unspecified atom stereocenters. The average molecular weight is 609 g/mol. The molecule has 8 atom stereocenters. The summed E-state index contributed by atoms with van der Waals surface area (Å²) >= 11 is 0. The molecule has 0 bridgehead atoms. The van der Waals surface area contributed by atoms with Crippen molar-refractivity contribution in [1.82, 2.24) is 21.3 Å². The van der Waals surface area contributed by atoms with Crippen LogP contribution in [0.3, 0.4) is 0 Å². The first-order valence-corrected chi connectivity index (χ1v) is 15.5. The lowest BCUT2D eigenvalue weighted by molar-refractivity contribution is -0.125. The molecule has 12 nitrogen and oxygen atoms in total. The van der Waals surface area contributed by atoms with Gasteiger partial charge in [-0.05, 0) is 47.2 Å². The lowest BCUT2D eigenvalue weighted by atomic mass is 9.86. The van der Waals surface area contributed by atoms with Crippen molar-refractivity contribution in [3.8, 4) is 11.1 Å². The number of aliphatic hydroxyl groups excluding tert-OH is 2. The van der Waals surface area contributed by atoms with Crippen LogP contribution >= 0.6 is 0 Å². The Hall–Kier alpha value is -3.26. The standard InChI is InChI=1S/C32H44N6O6/c1-15(2)25(13-39)33-27(41)23-11-31(43)19-9-17(5-7-21(19)35-29(31)37-23)18-6-8-22-20(10-18)32(44)12-24(38-30(32)36-22)28(42)34-26(14-40)16(3)4/h5-10,15-16,23-26,29-30,35-40,43-44H,11-14H2,1-4H3,(H,33,41)(H,34,42)/t23-,24-,25+,26+,29+,30+,31-,32-/m1/s1. The number of carbonyl (C=O) groups excluding carboxylic acids is 2. The Morgan fingerprint density at radius 3 is 1.48 bits per heavy atom. The van der Waals surface area contributed by atoms with Gasteiger partial charge in [0.1, 0.15) is 23.5 Å². The topological polar surface area (TPSA) is 187 Å². The zero-order chi connectivity index (χ0) is 31.6. The zero-order valence-corrected chi connectivity index (χ0v) is 25.5. The third-order valence-electron chi connectivity index (χ3n) is 9.92. The van der Waals surface area contributed by atoms with Crippen LogP contribution in [0, 0.1) is 11.8 Å². The molecule has 2 saturated heterocycles. The monoisotopic (exact) mass is 608 g/mol. The van der Waals surface area contributed by atoms with Crippen LogP contribution in [0.4, 0.5) is 11.4 Å². The van der Waals surface area contributed by atoms with E-state index in [2.05, 4.69) is 31.9 Å². The minimum Gasteiger partial charge on any atom is -0.394 e. The van der Waals surface area contributed by atoms with E-state index in [1.165, 1.54) is 0 Å². The van der Waals surface area contributed by atoms with Crippen molar-refractivity contribution in [2.75, 3.05) is 23.8 Å². The second-order valence-electron chi connectivity index (χ2n) is 13.5. The molecule has 4 heterocycles. The van der Waals surface area contributed by atoms with Gasteiger partial charge in [0.25, 0.3) is 0 Å². The highest BCUT2D eigenvalue weighted by molar-refractivity contribution is 5.85. The van der Waals surface area contributed by atoms with Crippen LogP contribution in [0.25, 0.3) is 11.1 Å². The van der Waals surface area contributed by atoms with Crippen LogP contribution in [-0.2, 0) is 20.8 Å². The van der Waals surface area contributed by atoms with Gasteiger partial charge < -0.3 is 41.7 Å². The molecule has 0 aromatic heterocycles. The molecule has 2 aromatic carbocycles. The molecule has 10 N–H and O–H groups in total. The molecule has 4 aliphatic rings. The third kappa shape index (κ3) is 5.03. The Morgan fingerprint density at radius 2 is 1.14 bits per heavy atom. The Bertz CT molecular complexity index is 1340. The molecule has 2 aromatic rings. The van der Waals surface area contributed by atoms with E-state index in [9.17, 15) is 30.0 Å². The van der Waals surface area contributed by atoms with Crippen LogP contribution in [0.2, 0.25) is 0 Å². The van der Waals surface area contributed by atoms with Gasteiger partial charge in [0.05, 0.1) is 37.4 Å². The first kappa shape index (κ1) is 30.8. The highest BCUT2D eigenvalue weighted by atomic mass is 16.3. The minimum absolute atomic E-state index is 0.0664. The summed E-state index contributed by atoms with van der Waals surface area (Å²) in [6.45, 7) is 7.39. The van der Waals surface area contributed by atoms with Gasteiger partial charge in [0.15, 0.2) is 0 Å². The second-order valence-corrected chi connectivity index (χ2v) is 13.5. The highest BCUT2D eigenvalue weighted by Crippen LogP contribution is 2.49. The third-order valence-corrected chi connectivity index (χ3v) is 9.92. The fraction of sp³-hybridized carbons (Fsp3) is 0.562. The summed E-state index contributed by atoms with van der Waals surface area (Å²) in [6, 6.07) is 9.56. The molecule has 6 rings (SSSR count). The van der Waals surface area contributed by atoms with E-state index in [0.29, 0.717) is 11.1 Å². The number of aliphatic hydroxyl groups is 4. The average Bonchev–Trinajstić information content (AvgIpc) is 3.66. The number of rotatable bonds is 9. The van der Waals surface area contributed by atoms with Gasteiger partial charge in [-0.1, -0.05) is 39.8 Å². The van der Waals surface area contributed by atoms with Crippen molar-refractivity contribution < 1.29 is 30.0 Å². The van der Waals surface area contributed by atoms with E-state index in [0.717, 1.165) is 22.5 Å². The molecule has 44 heavy (non-hydrogen) atoms. The molecule has 238 valence electrons. The van der Waals surface area contributed by atoms with Crippen LogP contribution < -0.4 is 31.9 Å². The summed E-state index contributed by atoms with van der Waals surface area (Å²) in [5.41, 5.74) is 1.96. The van der Waals surface area contributed by atoms with Crippen molar-refractivity contribution in [2.45, 2.75) is 88.2 Å². The summed E-state index contributed by atoms with van der Waals surface area (Å²) in [4.78, 5) is 26.0. The maximum atomic E-state index is 13.0. The molecule has 12 heteroatoms. The summed E-state index contributed by atoms with van der Waals surface area (Å²) < 4.78 is 0. The van der Waals surface area contributed by atoms with Crippen LogP contribution in [0.1, 0.15) is 51.7 Å². The predicted molar refractivity (Wildman–Crippen MR) is 165 cm³/mol. The normalized spacial score (nSPS) is 31.0. The predicted octanol–water partition coefficient (Wildman–Crippen LogP) is 0.222. The Morgan fingerprint density at radius 1 is 0.750 bits per heavy atom. The number of fused-ring (bicyclic) bond motifs is 6. The number of carbonyl (C=O) groups is 2. The van der Waals surface area contributed by atoms with Gasteiger partial charge >= 0.3 is 0 Å². The molecule has 0 aliphatic carbocycles. The van der Waals surface area contributed by atoms with E-state index in [1.807, 2.05) is 64.1 Å². The molecular weight excluding hydrogens is 564 g/mol. The maximum Gasteiger partial charge on any atom is 0.237 e. The number of amides is 2. The van der Waals surface area contributed by atoms with Crippen molar-refractivity contribution >= 4 is 23.2 Å². The minimum atomic E-state index is -1.32. The van der Waals surface area contributed by atoms with Crippen LogP contribution in [-0.4, -0.2) is 82.0 Å². The summed E-state index contributed by atoms with van der Waals surface area (Å²) in [7, 11) is 0. The number of anilines is 2. The van der Waals surface area contributed by atoms with Gasteiger partial charge in [-0.15, -0.1) is 0 Å². The van der Waals surface area contributed by atoms with E-state index < -0.39 is 35.6 Å². The van der Waals surface area contributed by atoms with Gasteiger partial charge in [-0.3, -0.25) is 20.2 Å². The number of benzene rings is 2. The largest absolute Gasteiger partial charge is 0.394 e. The fourth-order valence-corrected chi connectivity index (χ4v) is 6.98. The van der Waals surface area contributed by atoms with Gasteiger partial charge in [0.2, 0.25) is 11.8 Å². The highest BCUT2D eigenvalue weighted by Gasteiger charge is 2.55. The van der Waals surface area contributed by atoms with Crippen molar-refractivity contribution in [1.29, 1.82) is 0 Å². The second kappa shape index (κ2) is 11.3. The summed E-state index contributed by atoms with van der Waals surface area (Å²) in [6.07, 6.45) is -0.756. The molecule has 2 fully saturated rings. The number of nitrogens with one attached hydrogen (secondary N) is 6. The molecule has 0 saturated carbocycles. The van der Waals surface area contributed by atoms with E-state index >= 15 is 0 Å². The van der Waals surface area contributed by atoms with E-state index in [4.69, 9.17) is 0 Å². The van der Waals surface area contributed by atoms with Gasteiger partial charge in [-0.2, -0.15) is 0 Å². The smallest absolute Gasteiger partial charge is 0.237 e. The Kier molecular flexibility index (Phi) is 7.88. The molecule has 2 amide bonds. The Labute approximate surface area is 257 Å². The van der Waals surface area contributed by atoms with Crippen molar-refractivity contribution in [2.24, 2.45) is 11.8 Å². The van der Waals surface area contributed by atoms with Crippen molar-refractivity contribution in [3.63, 3.8) is 0 Å². The van der Waals surface area contributed by atoms with Crippen LogP contribution in [0.15, 0.2) is 36.4 Å². The van der Waals surface area contributed by atoms with E-state index in [1.54, 1.807) is 0 Å². The first-order chi connectivity index (χ1) is 20.9. The van der Waals surface area contributed by atoms with Crippen molar-refractivity contribution in [3.05, 3.63) is 47.5 Å². The fourth-order valence-electron chi connectivity index (χ4n) is 6.98. The first-order valence-electron chi connectivity index (χ1n) is 15.5. The maximum absolute atomic E-state index is 13.0. The molecular formula is C32H44N6O6. The van der Waals surface area contributed by atoms with Crippen LogP contribution in [0.5, 0.6) is 0 Å². The SMILES string of the molecule is CC(C)[C@H](CO)NC(=O)[C@H]1C[C@@]2(O)c3cc(-c4ccc5c(c4)[C@]4(O)C[C@H](C(=O)N[C@@H](CO)C(C)C)N[C@@H]4N5)ccc3N[C@H]2N1. The summed E-state index contributed by atoms with van der Waals surface area (Å²) in [5.74, 6) is -0.391. The number of hydrogen-bond acceptors (Lipinski definition) is 10. The quantitative estimate of drug-likeness (QED) is 0.189. The molecule has 0 spiro atoms. The zero-order valence-electron chi connectivity index (χ0n) is 25.5. The number of hydrogen-bond donors (Lipinski definition) is 10. The lowest BCUT2D eigenvalue weighted by Crippen LogP contribution is -2.50. The Balaban J connectivity index is 1.21. The van der Waals surface area contributed by atoms with Gasteiger partial charge in [0, 0.05) is 35.3 Å². The van der Waals surface area contributed by atoms with E-state index in [-0.39, 0.29) is 61.8 Å².